The lowest BCUT2D eigenvalue weighted by Gasteiger charge is -2.30. The van der Waals surface area contributed by atoms with E-state index < -0.39 is 5.97 Å². The van der Waals surface area contributed by atoms with Gasteiger partial charge in [0.1, 0.15) is 11.8 Å². The van der Waals surface area contributed by atoms with Gasteiger partial charge >= 0.3 is 5.97 Å². The summed E-state index contributed by atoms with van der Waals surface area (Å²) in [5.74, 6) is -0.423. The van der Waals surface area contributed by atoms with E-state index in [4.69, 9.17) is 15.1 Å². The fraction of sp³-hybridized carbons (Fsp3) is 0.467. The summed E-state index contributed by atoms with van der Waals surface area (Å²) in [6.45, 7) is 2.18. The molecule has 1 N–H and O–H groups in total. The first-order valence-corrected chi connectivity index (χ1v) is 6.66. The van der Waals surface area contributed by atoms with Crippen molar-refractivity contribution in [3.63, 3.8) is 0 Å². The molecule has 5 nitrogen and oxygen atoms in total. The van der Waals surface area contributed by atoms with E-state index >= 15 is 0 Å². The molecule has 0 spiro atoms. The summed E-state index contributed by atoms with van der Waals surface area (Å²) in [5.41, 5.74) is 1.55. The summed E-state index contributed by atoms with van der Waals surface area (Å²) in [6.07, 6.45) is 1.66. The highest BCUT2D eigenvalue weighted by atomic mass is 16.5. The average Bonchev–Trinajstić information content (AvgIpc) is 2.47. The lowest BCUT2D eigenvalue weighted by Crippen LogP contribution is -2.38. The van der Waals surface area contributed by atoms with Gasteiger partial charge in [-0.05, 0) is 37.1 Å². The molecule has 1 aliphatic rings. The zero-order valence-corrected chi connectivity index (χ0v) is 11.5. The molecule has 0 amide bonds. The number of benzene rings is 1. The lowest BCUT2D eigenvalue weighted by atomic mass is 9.98. The molecule has 0 radical (unpaired) electrons. The van der Waals surface area contributed by atoms with Crippen LogP contribution in [0.15, 0.2) is 18.2 Å². The van der Waals surface area contributed by atoms with Crippen LogP contribution in [0.5, 0.6) is 5.75 Å². The number of nitriles is 1. The van der Waals surface area contributed by atoms with Gasteiger partial charge in [-0.25, -0.2) is 0 Å². The summed E-state index contributed by atoms with van der Waals surface area (Å²) in [7, 11) is 1.54. The number of nitrogens with zero attached hydrogens (tertiary/aromatic N) is 2. The Bertz CT molecular complexity index is 536. The molecular formula is C15H18N2O3. The van der Waals surface area contributed by atoms with Gasteiger partial charge in [0.25, 0.3) is 0 Å². The minimum Gasteiger partial charge on any atom is -0.495 e. The van der Waals surface area contributed by atoms with Crippen LogP contribution in [-0.4, -0.2) is 36.2 Å². The van der Waals surface area contributed by atoms with Crippen LogP contribution in [-0.2, 0) is 11.3 Å². The third-order valence-corrected chi connectivity index (χ3v) is 3.65. The highest BCUT2D eigenvalue weighted by molar-refractivity contribution is 5.70. The second-order valence-electron chi connectivity index (χ2n) is 5.06. The number of rotatable bonds is 4. The van der Waals surface area contributed by atoms with Crippen molar-refractivity contribution < 1.29 is 14.6 Å². The van der Waals surface area contributed by atoms with E-state index in [1.165, 1.54) is 0 Å². The molecule has 1 saturated heterocycles. The molecule has 1 fully saturated rings. The number of piperidine rings is 1. The van der Waals surface area contributed by atoms with Crippen LogP contribution in [0.2, 0.25) is 0 Å². The van der Waals surface area contributed by atoms with E-state index in [0.717, 1.165) is 24.9 Å². The monoisotopic (exact) mass is 274 g/mol. The van der Waals surface area contributed by atoms with Crippen LogP contribution in [0.4, 0.5) is 0 Å². The van der Waals surface area contributed by atoms with Crippen molar-refractivity contribution in [3.05, 3.63) is 29.3 Å². The topological polar surface area (TPSA) is 73.6 Å². The van der Waals surface area contributed by atoms with Gasteiger partial charge in [-0.3, -0.25) is 9.69 Å². The number of hydrogen-bond donors (Lipinski definition) is 1. The Balaban J connectivity index is 2.06. The molecule has 5 heteroatoms. The highest BCUT2D eigenvalue weighted by Crippen LogP contribution is 2.23. The first-order valence-electron chi connectivity index (χ1n) is 6.66. The number of carbonyl (C=O) groups is 1. The number of methoxy groups -OCH3 is 1. The van der Waals surface area contributed by atoms with Gasteiger partial charge in [0.05, 0.1) is 18.6 Å². The quantitative estimate of drug-likeness (QED) is 0.907. The summed E-state index contributed by atoms with van der Waals surface area (Å²) in [4.78, 5) is 13.2. The summed E-state index contributed by atoms with van der Waals surface area (Å²) >= 11 is 0. The SMILES string of the molecule is COc1cc(CN2CCCC(C(=O)O)C2)ccc1C#N. The van der Waals surface area contributed by atoms with Gasteiger partial charge in [0, 0.05) is 13.1 Å². The van der Waals surface area contributed by atoms with Crippen LogP contribution in [0, 0.1) is 17.2 Å². The molecule has 20 heavy (non-hydrogen) atoms. The van der Waals surface area contributed by atoms with E-state index in [-0.39, 0.29) is 5.92 Å². The molecule has 1 aromatic rings. The van der Waals surface area contributed by atoms with Crippen molar-refractivity contribution in [1.29, 1.82) is 5.26 Å². The number of carboxylic acid groups (broad SMARTS) is 1. The fourth-order valence-corrected chi connectivity index (χ4v) is 2.59. The first-order chi connectivity index (χ1) is 9.63. The van der Waals surface area contributed by atoms with Crippen molar-refractivity contribution in [2.24, 2.45) is 5.92 Å². The Morgan fingerprint density at radius 3 is 3.05 bits per heavy atom. The summed E-state index contributed by atoms with van der Waals surface area (Å²) < 4.78 is 5.19. The van der Waals surface area contributed by atoms with Crippen LogP contribution >= 0.6 is 0 Å². The molecule has 0 saturated carbocycles. The standard InChI is InChI=1S/C15H18N2O3/c1-20-14-7-11(4-5-12(14)8-16)9-17-6-2-3-13(10-17)15(18)19/h4-5,7,13H,2-3,6,9-10H2,1H3,(H,18,19). The van der Waals surface area contributed by atoms with Crippen molar-refractivity contribution in [2.45, 2.75) is 19.4 Å². The van der Waals surface area contributed by atoms with Gasteiger partial charge in [-0.2, -0.15) is 5.26 Å². The van der Waals surface area contributed by atoms with Crippen LogP contribution in [0.1, 0.15) is 24.0 Å². The maximum Gasteiger partial charge on any atom is 0.307 e. The van der Waals surface area contributed by atoms with Gasteiger partial charge in [0.2, 0.25) is 0 Å². The van der Waals surface area contributed by atoms with Crippen LogP contribution in [0.25, 0.3) is 0 Å². The lowest BCUT2D eigenvalue weighted by molar-refractivity contribution is -0.143. The molecule has 1 unspecified atom stereocenters. The van der Waals surface area contributed by atoms with Gasteiger partial charge in [-0.15, -0.1) is 0 Å². The minimum absolute atomic E-state index is 0.274. The molecular weight excluding hydrogens is 256 g/mol. The molecule has 106 valence electrons. The van der Waals surface area contributed by atoms with Gasteiger partial charge < -0.3 is 9.84 Å². The van der Waals surface area contributed by atoms with Crippen LogP contribution in [0.3, 0.4) is 0 Å². The number of carboxylic acids is 1. The minimum atomic E-state index is -0.716. The highest BCUT2D eigenvalue weighted by Gasteiger charge is 2.25. The first kappa shape index (κ1) is 14.4. The zero-order valence-electron chi connectivity index (χ0n) is 11.5. The molecule has 1 heterocycles. The van der Waals surface area contributed by atoms with Crippen molar-refractivity contribution in [2.75, 3.05) is 20.2 Å². The summed E-state index contributed by atoms with van der Waals surface area (Å²) in [6, 6.07) is 7.57. The molecule has 0 bridgehead atoms. The smallest absolute Gasteiger partial charge is 0.307 e. The largest absolute Gasteiger partial charge is 0.495 e. The van der Waals surface area contributed by atoms with Gasteiger partial charge in [0.15, 0.2) is 0 Å². The Labute approximate surface area is 118 Å². The Morgan fingerprint density at radius 1 is 1.60 bits per heavy atom. The van der Waals surface area contributed by atoms with Crippen LogP contribution < -0.4 is 4.74 Å². The van der Waals surface area contributed by atoms with E-state index in [1.807, 2.05) is 12.1 Å². The third-order valence-electron chi connectivity index (χ3n) is 3.65. The van der Waals surface area contributed by atoms with Crippen molar-refractivity contribution >= 4 is 5.97 Å². The second kappa shape index (κ2) is 6.40. The predicted molar refractivity (Wildman–Crippen MR) is 73.3 cm³/mol. The Morgan fingerprint density at radius 2 is 2.40 bits per heavy atom. The van der Waals surface area contributed by atoms with E-state index in [1.54, 1.807) is 13.2 Å². The maximum absolute atomic E-state index is 11.1. The molecule has 0 aromatic heterocycles. The second-order valence-corrected chi connectivity index (χ2v) is 5.06. The molecule has 1 atom stereocenters. The normalized spacial score (nSPS) is 19.3. The summed E-state index contributed by atoms with van der Waals surface area (Å²) in [5, 5.41) is 18.0. The van der Waals surface area contributed by atoms with Crippen molar-refractivity contribution in [1.82, 2.24) is 4.90 Å². The van der Waals surface area contributed by atoms with E-state index in [2.05, 4.69) is 11.0 Å². The molecule has 1 aliphatic heterocycles. The average molecular weight is 274 g/mol. The number of likely N-dealkylation sites (tertiary alicyclic amines) is 1. The third kappa shape index (κ3) is 3.28. The van der Waals surface area contributed by atoms with E-state index in [0.29, 0.717) is 24.4 Å². The maximum atomic E-state index is 11.1. The Kier molecular flexibility index (Phi) is 4.59. The predicted octanol–water partition coefficient (Wildman–Crippen LogP) is 1.86. The Hall–Kier alpha value is -2.06. The zero-order chi connectivity index (χ0) is 14.5. The molecule has 2 rings (SSSR count). The number of ether oxygens (including phenoxy) is 1. The molecule has 0 aliphatic carbocycles. The number of hydrogen-bond acceptors (Lipinski definition) is 4. The number of aliphatic carboxylic acids is 1. The fourth-order valence-electron chi connectivity index (χ4n) is 2.59. The van der Waals surface area contributed by atoms with E-state index in [9.17, 15) is 4.79 Å². The van der Waals surface area contributed by atoms with Gasteiger partial charge in [-0.1, -0.05) is 6.07 Å². The molecule has 1 aromatic carbocycles. The van der Waals surface area contributed by atoms with Crippen molar-refractivity contribution in [3.8, 4) is 11.8 Å².